The molecule has 1 aromatic carbocycles. The van der Waals surface area contributed by atoms with Crippen LogP contribution >= 0.6 is 35.3 Å². The predicted octanol–water partition coefficient (Wildman–Crippen LogP) is 3.75. The third-order valence-electron chi connectivity index (χ3n) is 4.27. The summed E-state index contributed by atoms with van der Waals surface area (Å²) in [5.41, 5.74) is 2.15. The van der Waals surface area contributed by atoms with Gasteiger partial charge in [0.25, 0.3) is 0 Å². The molecule has 1 fully saturated rings. The lowest BCUT2D eigenvalue weighted by Gasteiger charge is -2.26. The topological polar surface area (TPSA) is 56.7 Å². The van der Waals surface area contributed by atoms with Gasteiger partial charge in [0.15, 0.2) is 5.96 Å². The first kappa shape index (κ1) is 20.7. The highest BCUT2D eigenvalue weighted by atomic mass is 127. The fourth-order valence-electron chi connectivity index (χ4n) is 2.86. The number of nitrogens with zero attached hydrogens (tertiary/aromatic N) is 2. The minimum Gasteiger partial charge on any atom is -0.352 e. The molecule has 0 unspecified atom stereocenters. The van der Waals surface area contributed by atoms with Crippen molar-refractivity contribution < 1.29 is 4.79 Å². The summed E-state index contributed by atoms with van der Waals surface area (Å²) in [4.78, 5) is 19.4. The number of amides is 1. The van der Waals surface area contributed by atoms with Crippen LogP contribution in [0.3, 0.4) is 0 Å². The Kier molecular flexibility index (Phi) is 8.37. The number of nitrogens with one attached hydrogen (secondary N) is 2. The van der Waals surface area contributed by atoms with Crippen molar-refractivity contribution in [3.63, 3.8) is 0 Å². The minimum absolute atomic E-state index is 0. The van der Waals surface area contributed by atoms with Crippen molar-refractivity contribution in [3.05, 3.63) is 52.2 Å². The Morgan fingerprint density at radius 1 is 1.15 bits per heavy atom. The van der Waals surface area contributed by atoms with E-state index in [9.17, 15) is 4.79 Å². The molecule has 0 aliphatic carbocycles. The zero-order valence-electron chi connectivity index (χ0n) is 14.9. The van der Waals surface area contributed by atoms with Crippen molar-refractivity contribution in [2.45, 2.75) is 32.4 Å². The maximum absolute atomic E-state index is 12.0. The molecule has 140 valence electrons. The Balaban J connectivity index is 0.00000243. The number of piperidine rings is 1. The summed E-state index contributed by atoms with van der Waals surface area (Å²) in [6, 6.07) is 12.3. The SMILES string of the molecule is CN=C(NCc1ccc(N2CCCCC2=O)cc1)NCc1cccs1.I. The molecule has 26 heavy (non-hydrogen) atoms. The van der Waals surface area contributed by atoms with Crippen molar-refractivity contribution in [1.82, 2.24) is 10.6 Å². The van der Waals surface area contributed by atoms with Gasteiger partial charge in [0.1, 0.15) is 0 Å². The van der Waals surface area contributed by atoms with E-state index in [0.29, 0.717) is 13.0 Å². The number of halogens is 1. The van der Waals surface area contributed by atoms with Crippen molar-refractivity contribution in [2.75, 3.05) is 18.5 Å². The number of guanidine groups is 1. The Bertz CT molecular complexity index is 716. The second-order valence-electron chi connectivity index (χ2n) is 6.03. The van der Waals surface area contributed by atoms with Gasteiger partial charge >= 0.3 is 0 Å². The number of thiophene rings is 1. The number of rotatable bonds is 5. The van der Waals surface area contributed by atoms with Gasteiger partial charge in [-0.25, -0.2) is 0 Å². The number of anilines is 1. The molecule has 0 radical (unpaired) electrons. The molecule has 1 aromatic heterocycles. The third-order valence-corrected chi connectivity index (χ3v) is 5.14. The Morgan fingerprint density at radius 3 is 2.58 bits per heavy atom. The van der Waals surface area contributed by atoms with Gasteiger partial charge in [-0.3, -0.25) is 9.79 Å². The molecule has 3 rings (SSSR count). The molecule has 2 heterocycles. The van der Waals surface area contributed by atoms with E-state index in [2.05, 4.69) is 39.2 Å². The first-order chi connectivity index (χ1) is 12.3. The van der Waals surface area contributed by atoms with Crippen LogP contribution in [0.2, 0.25) is 0 Å². The van der Waals surface area contributed by atoms with Crippen molar-refractivity contribution >= 4 is 52.9 Å². The number of carbonyl (C=O) groups excluding carboxylic acids is 1. The highest BCUT2D eigenvalue weighted by molar-refractivity contribution is 14.0. The highest BCUT2D eigenvalue weighted by Gasteiger charge is 2.19. The molecule has 0 atom stereocenters. The van der Waals surface area contributed by atoms with E-state index in [1.165, 1.54) is 4.88 Å². The van der Waals surface area contributed by atoms with Gasteiger partial charge < -0.3 is 15.5 Å². The lowest BCUT2D eigenvalue weighted by molar-refractivity contribution is -0.119. The first-order valence-electron chi connectivity index (χ1n) is 8.62. The van der Waals surface area contributed by atoms with Crippen LogP contribution in [-0.4, -0.2) is 25.5 Å². The zero-order valence-corrected chi connectivity index (χ0v) is 18.1. The average molecular weight is 484 g/mol. The van der Waals surface area contributed by atoms with E-state index in [4.69, 9.17) is 0 Å². The summed E-state index contributed by atoms with van der Waals surface area (Å²) in [7, 11) is 1.77. The molecule has 7 heteroatoms. The number of benzene rings is 1. The molecule has 0 spiro atoms. The maximum atomic E-state index is 12.0. The smallest absolute Gasteiger partial charge is 0.226 e. The second-order valence-corrected chi connectivity index (χ2v) is 7.06. The van der Waals surface area contributed by atoms with Crippen LogP contribution in [0, 0.1) is 0 Å². The molecule has 2 N–H and O–H groups in total. The Hall–Kier alpha value is -1.61. The van der Waals surface area contributed by atoms with E-state index in [0.717, 1.165) is 43.1 Å². The quantitative estimate of drug-likeness (QED) is 0.386. The molecule has 2 aromatic rings. The van der Waals surface area contributed by atoms with Gasteiger partial charge in [0.2, 0.25) is 5.91 Å². The second kappa shape index (κ2) is 10.5. The Morgan fingerprint density at radius 2 is 1.92 bits per heavy atom. The summed E-state index contributed by atoms with van der Waals surface area (Å²) >= 11 is 1.73. The van der Waals surface area contributed by atoms with Gasteiger partial charge in [-0.1, -0.05) is 18.2 Å². The number of hydrogen-bond donors (Lipinski definition) is 2. The van der Waals surface area contributed by atoms with E-state index in [-0.39, 0.29) is 29.9 Å². The standard InChI is InChI=1S/C19H24N4OS.HI/c1-20-19(22-14-17-5-4-12-25-17)21-13-15-7-9-16(10-8-15)23-11-3-2-6-18(23)24;/h4-5,7-10,12H,2-3,6,11,13-14H2,1H3,(H2,20,21,22);1H. The van der Waals surface area contributed by atoms with E-state index >= 15 is 0 Å². The first-order valence-corrected chi connectivity index (χ1v) is 9.50. The summed E-state index contributed by atoms with van der Waals surface area (Å²) in [6.45, 7) is 2.29. The summed E-state index contributed by atoms with van der Waals surface area (Å²) in [5, 5.41) is 8.70. The molecule has 5 nitrogen and oxygen atoms in total. The molecule has 1 amide bonds. The molecule has 1 aliphatic heterocycles. The molecule has 1 saturated heterocycles. The van der Waals surface area contributed by atoms with Crippen molar-refractivity contribution in [3.8, 4) is 0 Å². The number of hydrogen-bond acceptors (Lipinski definition) is 3. The van der Waals surface area contributed by atoms with Crippen LogP contribution in [0.25, 0.3) is 0 Å². The third kappa shape index (κ3) is 5.70. The maximum Gasteiger partial charge on any atom is 0.226 e. The van der Waals surface area contributed by atoms with Crippen LogP contribution in [0.15, 0.2) is 46.8 Å². The fourth-order valence-corrected chi connectivity index (χ4v) is 3.51. The zero-order chi connectivity index (χ0) is 17.5. The molecular formula is C19H25IN4OS. The van der Waals surface area contributed by atoms with Gasteiger partial charge in [-0.15, -0.1) is 35.3 Å². The normalized spacial score (nSPS) is 14.7. The van der Waals surface area contributed by atoms with Crippen molar-refractivity contribution in [2.24, 2.45) is 4.99 Å². The summed E-state index contributed by atoms with van der Waals surface area (Å²) in [5.74, 6) is 1.01. The van der Waals surface area contributed by atoms with Crippen LogP contribution in [0.4, 0.5) is 5.69 Å². The number of aliphatic imine (C=N–C) groups is 1. The van der Waals surface area contributed by atoms with Crippen LogP contribution in [-0.2, 0) is 17.9 Å². The minimum atomic E-state index is 0. The fraction of sp³-hybridized carbons (Fsp3) is 0.368. The summed E-state index contributed by atoms with van der Waals surface area (Å²) in [6.07, 6.45) is 2.76. The number of carbonyl (C=O) groups is 1. The van der Waals surface area contributed by atoms with E-state index in [1.54, 1.807) is 18.4 Å². The van der Waals surface area contributed by atoms with Crippen LogP contribution in [0.1, 0.15) is 29.7 Å². The van der Waals surface area contributed by atoms with Gasteiger partial charge in [0.05, 0.1) is 6.54 Å². The van der Waals surface area contributed by atoms with Crippen LogP contribution < -0.4 is 15.5 Å². The summed E-state index contributed by atoms with van der Waals surface area (Å²) < 4.78 is 0. The van der Waals surface area contributed by atoms with Gasteiger partial charge in [-0.05, 0) is 42.0 Å². The monoisotopic (exact) mass is 484 g/mol. The predicted molar refractivity (Wildman–Crippen MR) is 119 cm³/mol. The highest BCUT2D eigenvalue weighted by Crippen LogP contribution is 2.21. The lowest BCUT2D eigenvalue weighted by Crippen LogP contribution is -2.36. The largest absolute Gasteiger partial charge is 0.352 e. The lowest BCUT2D eigenvalue weighted by atomic mass is 10.1. The van der Waals surface area contributed by atoms with Crippen molar-refractivity contribution in [1.29, 1.82) is 0 Å². The van der Waals surface area contributed by atoms with E-state index in [1.807, 2.05) is 23.1 Å². The van der Waals surface area contributed by atoms with Crippen LogP contribution in [0.5, 0.6) is 0 Å². The van der Waals surface area contributed by atoms with Gasteiger partial charge in [-0.2, -0.15) is 0 Å². The Labute approximate surface area is 175 Å². The average Bonchev–Trinajstić information content (AvgIpc) is 3.16. The molecule has 1 aliphatic rings. The molecule has 0 bridgehead atoms. The van der Waals surface area contributed by atoms with E-state index < -0.39 is 0 Å². The molecule has 0 saturated carbocycles. The van der Waals surface area contributed by atoms with Gasteiger partial charge in [0, 0.05) is 37.1 Å². The molecular weight excluding hydrogens is 459 g/mol.